The molecular weight excluding hydrogens is 470 g/mol. The Hall–Kier alpha value is -3.52. The van der Waals surface area contributed by atoms with Gasteiger partial charge in [0.2, 0.25) is 0 Å². The summed E-state index contributed by atoms with van der Waals surface area (Å²) in [5, 5.41) is 4.92. The minimum Gasteiger partial charge on any atom is -0.605 e. The predicted octanol–water partition coefficient (Wildman–Crippen LogP) is 2.81. The molecule has 0 spiro atoms. The Kier molecular flexibility index (Phi) is 6.40. The van der Waals surface area contributed by atoms with Gasteiger partial charge in [0.1, 0.15) is 23.1 Å². The number of aromatic nitrogens is 4. The van der Waals surface area contributed by atoms with Crippen LogP contribution in [0.4, 0.5) is 5.82 Å². The van der Waals surface area contributed by atoms with Crippen molar-refractivity contribution in [2.45, 2.75) is 17.9 Å². The highest BCUT2D eigenvalue weighted by atomic mass is 33.1. The molecular formula is C24H19N5O3S2. The van der Waals surface area contributed by atoms with Gasteiger partial charge in [-0.3, -0.25) is 0 Å². The van der Waals surface area contributed by atoms with Gasteiger partial charge in [-0.2, -0.15) is 5.10 Å². The van der Waals surface area contributed by atoms with Crippen LogP contribution in [-0.4, -0.2) is 47.4 Å². The van der Waals surface area contributed by atoms with Crippen molar-refractivity contribution in [1.29, 1.82) is 0 Å². The van der Waals surface area contributed by atoms with E-state index < -0.39 is 22.3 Å². The second kappa shape index (κ2) is 9.77. The maximum absolute atomic E-state index is 12.6. The summed E-state index contributed by atoms with van der Waals surface area (Å²) in [5.41, 5.74) is 8.41. The number of nitrogens with zero attached hydrogens (tertiary/aromatic N) is 4. The van der Waals surface area contributed by atoms with Crippen LogP contribution in [0.1, 0.15) is 21.6 Å². The number of benzene rings is 2. The van der Waals surface area contributed by atoms with E-state index in [4.69, 9.17) is 10.5 Å². The fourth-order valence-corrected chi connectivity index (χ4v) is 7.13. The van der Waals surface area contributed by atoms with E-state index in [1.165, 1.54) is 17.1 Å². The van der Waals surface area contributed by atoms with Crippen LogP contribution in [-0.2, 0) is 21.5 Å². The van der Waals surface area contributed by atoms with Gasteiger partial charge in [0, 0.05) is 15.8 Å². The monoisotopic (exact) mass is 489 g/mol. The van der Waals surface area contributed by atoms with E-state index in [1.807, 2.05) is 36.4 Å². The maximum Gasteiger partial charge on any atom is 0.338 e. The molecule has 1 aliphatic heterocycles. The third-order valence-electron chi connectivity index (χ3n) is 5.22. The fourth-order valence-electron chi connectivity index (χ4n) is 3.59. The first-order valence-corrected chi connectivity index (χ1v) is 13.2. The lowest BCUT2D eigenvalue weighted by molar-refractivity contribution is 0.0341. The largest absolute Gasteiger partial charge is 0.605 e. The van der Waals surface area contributed by atoms with Crippen LogP contribution in [0, 0.1) is 11.8 Å². The summed E-state index contributed by atoms with van der Waals surface area (Å²) in [6.07, 6.45) is 0.840. The van der Waals surface area contributed by atoms with E-state index >= 15 is 0 Å². The first kappa shape index (κ1) is 22.3. The summed E-state index contributed by atoms with van der Waals surface area (Å²) in [5.74, 6) is 6.25. The molecule has 8 nitrogen and oxygen atoms in total. The summed E-state index contributed by atoms with van der Waals surface area (Å²) >= 11 is 0. The molecule has 0 saturated carbocycles. The van der Waals surface area contributed by atoms with Crippen molar-refractivity contribution >= 4 is 43.8 Å². The molecule has 10 heteroatoms. The minimum absolute atomic E-state index is 0.255. The van der Waals surface area contributed by atoms with Crippen molar-refractivity contribution in [3.05, 3.63) is 83.8 Å². The van der Waals surface area contributed by atoms with Crippen molar-refractivity contribution in [1.82, 2.24) is 19.7 Å². The normalized spacial score (nSPS) is 19.5. The number of esters is 1. The van der Waals surface area contributed by atoms with Crippen LogP contribution >= 0.6 is 10.8 Å². The number of fused-ring (bicyclic) bond motifs is 1. The van der Waals surface area contributed by atoms with Gasteiger partial charge in [0.15, 0.2) is 17.5 Å². The Morgan fingerprint density at radius 3 is 2.65 bits per heavy atom. The number of hydrogen-bond donors (Lipinski definition) is 1. The smallest absolute Gasteiger partial charge is 0.338 e. The molecule has 0 bridgehead atoms. The number of hydrogen-bond acceptors (Lipinski definition) is 8. The number of nitrogen functional groups attached to an aromatic ring is 1. The lowest BCUT2D eigenvalue weighted by Gasteiger charge is -2.16. The van der Waals surface area contributed by atoms with Crippen LogP contribution in [0.25, 0.3) is 11.0 Å². The van der Waals surface area contributed by atoms with Gasteiger partial charge in [0.25, 0.3) is 0 Å². The Morgan fingerprint density at radius 2 is 1.88 bits per heavy atom. The lowest BCUT2D eigenvalue weighted by Crippen LogP contribution is -2.31. The van der Waals surface area contributed by atoms with Gasteiger partial charge in [0.05, 0.1) is 28.3 Å². The molecule has 5 rings (SSSR count). The molecule has 3 atom stereocenters. The van der Waals surface area contributed by atoms with Gasteiger partial charge >= 0.3 is 5.97 Å². The zero-order valence-corrected chi connectivity index (χ0v) is 19.5. The van der Waals surface area contributed by atoms with E-state index in [2.05, 4.69) is 26.9 Å². The average Bonchev–Trinajstić information content (AvgIpc) is 3.39. The van der Waals surface area contributed by atoms with Gasteiger partial charge in [-0.25, -0.2) is 19.4 Å². The van der Waals surface area contributed by atoms with Gasteiger partial charge < -0.3 is 15.0 Å². The molecule has 0 radical (unpaired) electrons. The Morgan fingerprint density at radius 1 is 1.15 bits per heavy atom. The van der Waals surface area contributed by atoms with Gasteiger partial charge in [-0.05, 0) is 30.2 Å². The summed E-state index contributed by atoms with van der Waals surface area (Å²) in [6, 6.07) is 18.3. The minimum atomic E-state index is -1.18. The topological polar surface area (TPSA) is 119 Å². The number of ether oxygens (including phenoxy) is 1. The number of carbonyl (C=O) groups is 1. The number of carbonyl (C=O) groups excluding carboxylic acids is 1. The van der Waals surface area contributed by atoms with Crippen LogP contribution in [0.5, 0.6) is 0 Å². The van der Waals surface area contributed by atoms with Crippen LogP contribution in [0.15, 0.2) is 67.0 Å². The third-order valence-corrected chi connectivity index (χ3v) is 8.53. The molecule has 2 N–H and O–H groups in total. The quantitative estimate of drug-likeness (QED) is 0.201. The number of rotatable bonds is 4. The zero-order chi connectivity index (χ0) is 23.5. The highest BCUT2D eigenvalue weighted by Crippen LogP contribution is 2.36. The van der Waals surface area contributed by atoms with Gasteiger partial charge in [-0.15, -0.1) is 0 Å². The first-order chi connectivity index (χ1) is 16.6. The molecule has 2 aromatic heterocycles. The Labute approximate surface area is 202 Å². The molecule has 34 heavy (non-hydrogen) atoms. The molecule has 1 aliphatic rings. The molecule has 1 saturated heterocycles. The summed E-state index contributed by atoms with van der Waals surface area (Å²) in [4.78, 5) is 21.0. The van der Waals surface area contributed by atoms with E-state index in [0.717, 1.165) is 5.56 Å². The van der Waals surface area contributed by atoms with Crippen molar-refractivity contribution < 1.29 is 14.1 Å². The molecule has 0 amide bonds. The van der Waals surface area contributed by atoms with E-state index in [-0.39, 0.29) is 16.8 Å². The van der Waals surface area contributed by atoms with E-state index in [9.17, 15) is 9.35 Å². The van der Waals surface area contributed by atoms with Crippen LogP contribution in [0.2, 0.25) is 0 Å². The molecule has 2 aromatic carbocycles. The molecule has 2 unspecified atom stereocenters. The second-order valence-corrected chi connectivity index (χ2v) is 11.0. The fraction of sp³-hybridized carbons (Fsp3) is 0.167. The summed E-state index contributed by atoms with van der Waals surface area (Å²) in [7, 11) is 0.0852. The highest BCUT2D eigenvalue weighted by Gasteiger charge is 2.42. The molecule has 0 aliphatic carbocycles. The van der Waals surface area contributed by atoms with E-state index in [1.54, 1.807) is 28.9 Å². The lowest BCUT2D eigenvalue weighted by atomic mass is 10.2. The molecule has 1 fully saturated rings. The predicted molar refractivity (Wildman–Crippen MR) is 132 cm³/mol. The van der Waals surface area contributed by atoms with Crippen molar-refractivity contribution in [3.63, 3.8) is 0 Å². The Balaban J connectivity index is 1.43. The maximum atomic E-state index is 12.6. The molecule has 3 heterocycles. The molecule has 170 valence electrons. The van der Waals surface area contributed by atoms with Crippen molar-refractivity contribution in [2.75, 3.05) is 11.5 Å². The SMILES string of the molecule is Nc1ncnc2c1c(C#Cc1ccccc1)nn2C[C@H]1S[S+]([O-])CC1OC(=O)c1ccccc1. The highest BCUT2D eigenvalue weighted by molar-refractivity contribution is 8.72. The second-order valence-electron chi connectivity index (χ2n) is 7.52. The molecule has 4 aromatic rings. The third kappa shape index (κ3) is 4.72. The van der Waals surface area contributed by atoms with Crippen LogP contribution < -0.4 is 5.73 Å². The van der Waals surface area contributed by atoms with Crippen molar-refractivity contribution in [2.24, 2.45) is 0 Å². The zero-order valence-electron chi connectivity index (χ0n) is 17.8. The van der Waals surface area contributed by atoms with Crippen molar-refractivity contribution in [3.8, 4) is 11.8 Å². The number of nitrogens with two attached hydrogens (primary N) is 1. The van der Waals surface area contributed by atoms with E-state index in [0.29, 0.717) is 28.8 Å². The Bertz CT molecular complexity index is 1390. The summed E-state index contributed by atoms with van der Waals surface area (Å²) in [6.45, 7) is 0.323. The number of anilines is 1. The first-order valence-electron chi connectivity index (χ1n) is 10.4. The summed E-state index contributed by atoms with van der Waals surface area (Å²) < 4.78 is 19.7. The van der Waals surface area contributed by atoms with Gasteiger partial charge in [-0.1, -0.05) is 42.3 Å². The standard InChI is InChI=1S/C24H19N5O3S2/c25-22-21-18(12-11-16-7-3-1-4-8-16)28-29(23(21)27-15-26-22)13-20-19(14-34(31)33-20)32-24(30)17-9-5-2-6-10-17/h1-10,15,19-20H,13-14H2,(H2,25,26,27)/t19?,20-,34?/m1/s1. The van der Waals surface area contributed by atoms with Crippen LogP contribution in [0.3, 0.4) is 0 Å². The average molecular weight is 490 g/mol.